The van der Waals surface area contributed by atoms with Gasteiger partial charge in [-0.3, -0.25) is 4.79 Å². The molecule has 1 aromatic rings. The maximum Gasteiger partial charge on any atom is 0.328 e. The average Bonchev–Trinajstić information content (AvgIpc) is 2.30. The Kier molecular flexibility index (Phi) is 5.38. The third-order valence-corrected chi connectivity index (χ3v) is 3.51. The first-order chi connectivity index (χ1) is 7.95. The molecule has 0 heterocycles. The summed E-state index contributed by atoms with van der Waals surface area (Å²) in [5, 5.41) is 2.58. The van der Waals surface area contributed by atoms with Crippen molar-refractivity contribution in [2.45, 2.75) is 13.0 Å². The number of halogens is 2. The van der Waals surface area contributed by atoms with Crippen molar-refractivity contribution >= 4 is 50.4 Å². The lowest BCUT2D eigenvalue weighted by molar-refractivity contribution is -0.142. The number of amides is 1. The van der Waals surface area contributed by atoms with E-state index in [0.29, 0.717) is 5.56 Å². The van der Waals surface area contributed by atoms with Gasteiger partial charge in [0.05, 0.1) is 12.7 Å². The highest BCUT2D eigenvalue weighted by molar-refractivity contribution is 14.1. The number of hydrogen-bond donors (Lipinski definition) is 1. The summed E-state index contributed by atoms with van der Waals surface area (Å²) in [7, 11) is 1.29. The first-order valence-electron chi connectivity index (χ1n) is 4.79. The number of nitrogens with one attached hydrogen (secondary N) is 1. The zero-order valence-electron chi connectivity index (χ0n) is 9.29. The average molecular weight is 412 g/mol. The molecule has 1 rings (SSSR count). The van der Waals surface area contributed by atoms with Crippen LogP contribution in [0.3, 0.4) is 0 Å². The van der Waals surface area contributed by atoms with E-state index in [9.17, 15) is 9.59 Å². The van der Waals surface area contributed by atoms with Crippen LogP contribution in [0.25, 0.3) is 0 Å². The van der Waals surface area contributed by atoms with Gasteiger partial charge in [-0.1, -0.05) is 15.9 Å². The van der Waals surface area contributed by atoms with Crippen LogP contribution in [-0.2, 0) is 9.53 Å². The Bertz CT molecular complexity index is 450. The van der Waals surface area contributed by atoms with Crippen LogP contribution in [-0.4, -0.2) is 25.0 Å². The van der Waals surface area contributed by atoms with Gasteiger partial charge < -0.3 is 10.1 Å². The number of methoxy groups -OCH3 is 1. The van der Waals surface area contributed by atoms with Crippen molar-refractivity contribution in [3.63, 3.8) is 0 Å². The Morgan fingerprint density at radius 3 is 2.71 bits per heavy atom. The monoisotopic (exact) mass is 411 g/mol. The van der Waals surface area contributed by atoms with Crippen LogP contribution in [0.5, 0.6) is 0 Å². The normalized spacial score (nSPS) is 11.8. The zero-order valence-corrected chi connectivity index (χ0v) is 13.0. The van der Waals surface area contributed by atoms with E-state index in [1.54, 1.807) is 13.0 Å². The van der Waals surface area contributed by atoms with Crippen LogP contribution < -0.4 is 5.32 Å². The fourth-order valence-corrected chi connectivity index (χ4v) is 2.12. The lowest BCUT2D eigenvalue weighted by Gasteiger charge is -2.12. The van der Waals surface area contributed by atoms with Gasteiger partial charge >= 0.3 is 5.97 Å². The number of esters is 1. The van der Waals surface area contributed by atoms with E-state index in [4.69, 9.17) is 0 Å². The molecule has 0 saturated heterocycles. The molecule has 0 fully saturated rings. The smallest absolute Gasteiger partial charge is 0.328 e. The van der Waals surface area contributed by atoms with Gasteiger partial charge in [0.2, 0.25) is 0 Å². The van der Waals surface area contributed by atoms with Crippen molar-refractivity contribution in [2.75, 3.05) is 7.11 Å². The van der Waals surface area contributed by atoms with Crippen LogP contribution in [0, 0.1) is 3.57 Å². The van der Waals surface area contributed by atoms with Crippen molar-refractivity contribution < 1.29 is 14.3 Å². The van der Waals surface area contributed by atoms with Gasteiger partial charge in [-0.2, -0.15) is 0 Å². The van der Waals surface area contributed by atoms with E-state index in [2.05, 4.69) is 48.6 Å². The summed E-state index contributed by atoms with van der Waals surface area (Å²) in [5.41, 5.74) is 0.524. The third-order valence-electron chi connectivity index (χ3n) is 2.08. The summed E-state index contributed by atoms with van der Waals surface area (Å²) in [6.45, 7) is 1.58. The Balaban J connectivity index is 2.83. The number of carbonyl (C=O) groups excluding carboxylic acids is 2. The molecule has 0 spiro atoms. The minimum atomic E-state index is -0.665. The molecule has 0 aliphatic rings. The molecular formula is C11H11BrINO3. The lowest BCUT2D eigenvalue weighted by atomic mass is 10.2. The summed E-state index contributed by atoms with van der Waals surface area (Å²) in [5.74, 6) is -0.767. The molecule has 0 aliphatic heterocycles. The predicted octanol–water partition coefficient (Wildman–Crippen LogP) is 2.34. The first-order valence-corrected chi connectivity index (χ1v) is 6.66. The minimum Gasteiger partial charge on any atom is -0.467 e. The zero-order chi connectivity index (χ0) is 13.0. The van der Waals surface area contributed by atoms with Gasteiger partial charge in [0.25, 0.3) is 5.91 Å². The van der Waals surface area contributed by atoms with Crippen molar-refractivity contribution in [1.82, 2.24) is 5.32 Å². The summed E-state index contributed by atoms with van der Waals surface area (Å²) in [6, 6.07) is 4.72. The van der Waals surface area contributed by atoms with Gasteiger partial charge in [-0.25, -0.2) is 4.79 Å². The molecule has 17 heavy (non-hydrogen) atoms. The van der Waals surface area contributed by atoms with Crippen LogP contribution >= 0.6 is 38.5 Å². The molecule has 1 aromatic carbocycles. The SMILES string of the molecule is COC(=O)C(C)NC(=O)c1cc(Br)ccc1I. The Labute approximate surface area is 121 Å². The topological polar surface area (TPSA) is 55.4 Å². The molecule has 4 nitrogen and oxygen atoms in total. The Morgan fingerprint density at radius 1 is 1.47 bits per heavy atom. The Morgan fingerprint density at radius 2 is 2.12 bits per heavy atom. The van der Waals surface area contributed by atoms with Gasteiger partial charge in [-0.15, -0.1) is 0 Å². The summed E-state index contributed by atoms with van der Waals surface area (Å²) >= 11 is 5.37. The van der Waals surface area contributed by atoms with E-state index in [1.807, 2.05) is 12.1 Å². The maximum absolute atomic E-state index is 11.9. The van der Waals surface area contributed by atoms with E-state index >= 15 is 0 Å². The largest absolute Gasteiger partial charge is 0.467 e. The quantitative estimate of drug-likeness (QED) is 0.613. The highest BCUT2D eigenvalue weighted by atomic mass is 127. The fraction of sp³-hybridized carbons (Fsp3) is 0.273. The molecule has 0 aliphatic carbocycles. The number of hydrogen-bond acceptors (Lipinski definition) is 3. The second kappa shape index (κ2) is 6.34. The van der Waals surface area contributed by atoms with Crippen LogP contribution in [0.2, 0.25) is 0 Å². The summed E-state index contributed by atoms with van der Waals surface area (Å²) in [4.78, 5) is 23.1. The first kappa shape index (κ1) is 14.4. The van der Waals surface area contributed by atoms with Gasteiger partial charge in [0, 0.05) is 8.04 Å². The molecule has 92 valence electrons. The molecule has 0 aromatic heterocycles. The third kappa shape index (κ3) is 3.95. The fourth-order valence-electron chi connectivity index (χ4n) is 1.18. The van der Waals surface area contributed by atoms with Crippen molar-refractivity contribution in [3.8, 4) is 0 Å². The molecule has 6 heteroatoms. The number of rotatable bonds is 3. The van der Waals surface area contributed by atoms with Gasteiger partial charge in [0.15, 0.2) is 0 Å². The van der Waals surface area contributed by atoms with Crippen LogP contribution in [0.4, 0.5) is 0 Å². The maximum atomic E-state index is 11.9. The second-order valence-electron chi connectivity index (χ2n) is 3.34. The predicted molar refractivity (Wildman–Crippen MR) is 75.8 cm³/mol. The van der Waals surface area contributed by atoms with Crippen molar-refractivity contribution in [1.29, 1.82) is 0 Å². The molecule has 0 radical (unpaired) electrons. The van der Waals surface area contributed by atoms with Crippen LogP contribution in [0.1, 0.15) is 17.3 Å². The minimum absolute atomic E-state index is 0.298. The molecule has 1 N–H and O–H groups in total. The number of ether oxygens (including phenoxy) is 1. The molecule has 1 amide bonds. The molecule has 1 unspecified atom stereocenters. The summed E-state index contributed by atoms with van der Waals surface area (Å²) in [6.07, 6.45) is 0. The lowest BCUT2D eigenvalue weighted by Crippen LogP contribution is -2.39. The molecular weight excluding hydrogens is 401 g/mol. The highest BCUT2D eigenvalue weighted by Crippen LogP contribution is 2.18. The second-order valence-corrected chi connectivity index (χ2v) is 5.42. The van der Waals surface area contributed by atoms with Crippen LogP contribution in [0.15, 0.2) is 22.7 Å². The van der Waals surface area contributed by atoms with E-state index in [0.717, 1.165) is 8.04 Å². The van der Waals surface area contributed by atoms with Crippen molar-refractivity contribution in [3.05, 3.63) is 31.8 Å². The molecule has 0 bridgehead atoms. The standard InChI is InChI=1S/C11H11BrINO3/c1-6(11(16)17-2)14-10(15)8-5-7(12)3-4-9(8)13/h3-6H,1-2H3,(H,14,15). The number of carbonyl (C=O) groups is 2. The molecule has 0 saturated carbocycles. The van der Waals surface area contributed by atoms with Gasteiger partial charge in [0.1, 0.15) is 6.04 Å². The van der Waals surface area contributed by atoms with E-state index in [1.165, 1.54) is 7.11 Å². The molecule has 1 atom stereocenters. The number of benzene rings is 1. The van der Waals surface area contributed by atoms with Gasteiger partial charge in [-0.05, 0) is 47.7 Å². The summed E-state index contributed by atoms with van der Waals surface area (Å²) < 4.78 is 6.17. The van der Waals surface area contributed by atoms with E-state index in [-0.39, 0.29) is 5.91 Å². The van der Waals surface area contributed by atoms with Crippen molar-refractivity contribution in [2.24, 2.45) is 0 Å². The Hall–Kier alpha value is -0.630. The van der Waals surface area contributed by atoms with E-state index < -0.39 is 12.0 Å². The highest BCUT2D eigenvalue weighted by Gasteiger charge is 2.18.